The number of hydrogen-bond acceptors (Lipinski definition) is 6. The molecule has 0 unspecified atom stereocenters. The minimum Gasteiger partial charge on any atom is -0.464 e. The van der Waals surface area contributed by atoms with Crippen LogP contribution in [0.1, 0.15) is 10.5 Å². The molecule has 0 N–H and O–H groups in total. The van der Waals surface area contributed by atoms with Crippen molar-refractivity contribution in [2.75, 3.05) is 38.3 Å². The number of ether oxygens (including phenoxy) is 2. The number of nitrogens with zero attached hydrogens (tertiary/aromatic N) is 3. The van der Waals surface area contributed by atoms with Crippen LogP contribution in [-0.4, -0.2) is 49.4 Å². The predicted molar refractivity (Wildman–Crippen MR) is 61.4 cm³/mol. The second-order valence-electron chi connectivity index (χ2n) is 3.57. The maximum Gasteiger partial charge on any atom is 0.360 e. The average molecular weight is 276 g/mol. The highest BCUT2D eigenvalue weighted by Crippen LogP contribution is 2.22. The van der Waals surface area contributed by atoms with Gasteiger partial charge in [0.1, 0.15) is 0 Å². The van der Waals surface area contributed by atoms with Crippen LogP contribution in [0.4, 0.5) is 10.2 Å². The lowest BCUT2D eigenvalue weighted by Crippen LogP contribution is -2.37. The van der Waals surface area contributed by atoms with E-state index in [1.54, 1.807) is 4.90 Å². The zero-order valence-electron chi connectivity index (χ0n) is 9.65. The van der Waals surface area contributed by atoms with Gasteiger partial charge in [-0.3, -0.25) is 0 Å². The second kappa shape index (κ2) is 5.45. The maximum atomic E-state index is 14.1. The topological polar surface area (TPSA) is 64.5 Å². The first-order valence-corrected chi connectivity index (χ1v) is 5.65. The Bertz CT molecular complexity index is 466. The number of halogens is 2. The summed E-state index contributed by atoms with van der Waals surface area (Å²) >= 11 is 5.69. The summed E-state index contributed by atoms with van der Waals surface area (Å²) in [7, 11) is 1.15. The van der Waals surface area contributed by atoms with Gasteiger partial charge in [0.2, 0.25) is 5.28 Å². The molecular formula is C10H11ClFN3O3. The Morgan fingerprint density at radius 2 is 2.11 bits per heavy atom. The van der Waals surface area contributed by atoms with E-state index in [9.17, 15) is 9.18 Å². The Balaban J connectivity index is 2.40. The van der Waals surface area contributed by atoms with E-state index in [0.29, 0.717) is 26.3 Å². The fourth-order valence-electron chi connectivity index (χ4n) is 1.63. The fraction of sp³-hybridized carbons (Fsp3) is 0.500. The van der Waals surface area contributed by atoms with E-state index in [1.165, 1.54) is 0 Å². The summed E-state index contributed by atoms with van der Waals surface area (Å²) in [5.41, 5.74) is -0.459. The zero-order chi connectivity index (χ0) is 13.1. The van der Waals surface area contributed by atoms with Gasteiger partial charge in [-0.25, -0.2) is 14.2 Å². The minimum absolute atomic E-state index is 0.00120. The van der Waals surface area contributed by atoms with Crippen LogP contribution < -0.4 is 4.90 Å². The third kappa shape index (κ3) is 2.51. The van der Waals surface area contributed by atoms with Crippen molar-refractivity contribution in [3.8, 4) is 0 Å². The fourth-order valence-corrected chi connectivity index (χ4v) is 1.79. The Kier molecular flexibility index (Phi) is 3.93. The summed E-state index contributed by atoms with van der Waals surface area (Å²) in [6.07, 6.45) is 0. The van der Waals surface area contributed by atoms with Gasteiger partial charge in [-0.2, -0.15) is 4.98 Å². The van der Waals surface area contributed by atoms with E-state index < -0.39 is 17.5 Å². The normalized spacial score (nSPS) is 15.6. The third-order valence-electron chi connectivity index (χ3n) is 2.50. The number of anilines is 1. The molecule has 98 valence electrons. The van der Waals surface area contributed by atoms with Crippen LogP contribution in [0.5, 0.6) is 0 Å². The van der Waals surface area contributed by atoms with Gasteiger partial charge in [0.25, 0.3) is 0 Å². The molecule has 0 bridgehead atoms. The molecule has 1 aliphatic rings. The van der Waals surface area contributed by atoms with Crippen LogP contribution in [0.25, 0.3) is 0 Å². The molecule has 0 aromatic carbocycles. The van der Waals surface area contributed by atoms with Crippen LogP contribution in [0.3, 0.4) is 0 Å². The quantitative estimate of drug-likeness (QED) is 0.590. The molecule has 0 radical (unpaired) electrons. The van der Waals surface area contributed by atoms with E-state index >= 15 is 0 Å². The molecule has 2 heterocycles. The number of aromatic nitrogens is 2. The standard InChI is InChI=1S/C10H11ClFN3O3/c1-17-9(16)7-6(12)8(14-10(11)13-7)15-2-4-18-5-3-15/h2-5H2,1H3. The number of rotatable bonds is 2. The van der Waals surface area contributed by atoms with E-state index in [2.05, 4.69) is 14.7 Å². The van der Waals surface area contributed by atoms with Crippen LogP contribution in [0, 0.1) is 5.82 Å². The Morgan fingerprint density at radius 1 is 1.44 bits per heavy atom. The average Bonchev–Trinajstić information content (AvgIpc) is 2.41. The Hall–Kier alpha value is -1.47. The van der Waals surface area contributed by atoms with Crippen molar-refractivity contribution in [3.05, 3.63) is 16.8 Å². The van der Waals surface area contributed by atoms with Gasteiger partial charge in [0.05, 0.1) is 20.3 Å². The summed E-state index contributed by atoms with van der Waals surface area (Å²) in [5.74, 6) is -1.71. The van der Waals surface area contributed by atoms with E-state index in [0.717, 1.165) is 7.11 Å². The van der Waals surface area contributed by atoms with Crippen molar-refractivity contribution in [2.24, 2.45) is 0 Å². The van der Waals surface area contributed by atoms with Gasteiger partial charge < -0.3 is 14.4 Å². The van der Waals surface area contributed by atoms with E-state index in [1.807, 2.05) is 0 Å². The molecule has 6 nitrogen and oxygen atoms in total. The number of morpholine rings is 1. The minimum atomic E-state index is -0.883. The van der Waals surface area contributed by atoms with Crippen molar-refractivity contribution in [1.29, 1.82) is 0 Å². The monoisotopic (exact) mass is 275 g/mol. The first kappa shape index (κ1) is 13.0. The highest BCUT2D eigenvalue weighted by atomic mass is 35.5. The molecule has 0 amide bonds. The second-order valence-corrected chi connectivity index (χ2v) is 3.91. The smallest absolute Gasteiger partial charge is 0.360 e. The predicted octanol–water partition coefficient (Wildman–Crippen LogP) is 0.892. The lowest BCUT2D eigenvalue weighted by atomic mass is 10.3. The summed E-state index contributed by atoms with van der Waals surface area (Å²) in [5, 5.41) is -0.196. The largest absolute Gasteiger partial charge is 0.464 e. The molecule has 18 heavy (non-hydrogen) atoms. The first-order chi connectivity index (χ1) is 8.63. The van der Waals surface area contributed by atoms with Crippen molar-refractivity contribution < 1.29 is 18.7 Å². The lowest BCUT2D eigenvalue weighted by Gasteiger charge is -2.28. The molecule has 1 aromatic rings. The number of carbonyl (C=O) groups excluding carboxylic acids is 1. The third-order valence-corrected chi connectivity index (χ3v) is 2.66. The molecule has 0 atom stereocenters. The van der Waals surface area contributed by atoms with Gasteiger partial charge in [-0.1, -0.05) is 0 Å². The maximum absolute atomic E-state index is 14.1. The van der Waals surface area contributed by atoms with Gasteiger partial charge in [-0.05, 0) is 11.6 Å². The molecule has 0 aliphatic carbocycles. The number of methoxy groups -OCH3 is 1. The summed E-state index contributed by atoms with van der Waals surface area (Å²) in [4.78, 5) is 20.4. The number of esters is 1. The van der Waals surface area contributed by atoms with Crippen LogP contribution >= 0.6 is 11.6 Å². The summed E-state index contributed by atoms with van der Waals surface area (Å²) in [6, 6.07) is 0. The Morgan fingerprint density at radius 3 is 2.72 bits per heavy atom. The molecule has 8 heteroatoms. The summed E-state index contributed by atoms with van der Waals surface area (Å²) in [6.45, 7) is 1.89. The van der Waals surface area contributed by atoms with E-state index in [4.69, 9.17) is 16.3 Å². The highest BCUT2D eigenvalue weighted by molar-refractivity contribution is 6.28. The number of carbonyl (C=O) groups is 1. The van der Waals surface area contributed by atoms with Crippen LogP contribution in [0.2, 0.25) is 5.28 Å². The molecule has 1 aliphatic heterocycles. The van der Waals surface area contributed by atoms with Crippen LogP contribution in [0.15, 0.2) is 0 Å². The number of hydrogen-bond donors (Lipinski definition) is 0. The molecule has 1 saturated heterocycles. The van der Waals surface area contributed by atoms with E-state index in [-0.39, 0.29) is 11.1 Å². The van der Waals surface area contributed by atoms with Crippen LogP contribution in [-0.2, 0) is 9.47 Å². The SMILES string of the molecule is COC(=O)c1nc(Cl)nc(N2CCOCC2)c1F. The van der Waals surface area contributed by atoms with Gasteiger partial charge in [0.15, 0.2) is 17.3 Å². The zero-order valence-corrected chi connectivity index (χ0v) is 10.4. The van der Waals surface area contributed by atoms with Crippen molar-refractivity contribution in [1.82, 2.24) is 9.97 Å². The van der Waals surface area contributed by atoms with Crippen molar-refractivity contribution in [2.45, 2.75) is 0 Å². The van der Waals surface area contributed by atoms with Gasteiger partial charge in [0, 0.05) is 13.1 Å². The molecule has 0 spiro atoms. The van der Waals surface area contributed by atoms with Crippen molar-refractivity contribution >= 4 is 23.4 Å². The Labute approximate surface area is 108 Å². The molecule has 2 rings (SSSR count). The van der Waals surface area contributed by atoms with Gasteiger partial charge >= 0.3 is 5.97 Å². The lowest BCUT2D eigenvalue weighted by molar-refractivity contribution is 0.0588. The molecule has 1 aromatic heterocycles. The molecule has 1 fully saturated rings. The van der Waals surface area contributed by atoms with Crippen molar-refractivity contribution in [3.63, 3.8) is 0 Å². The highest BCUT2D eigenvalue weighted by Gasteiger charge is 2.25. The molecular weight excluding hydrogens is 265 g/mol. The molecule has 0 saturated carbocycles. The van der Waals surface area contributed by atoms with Gasteiger partial charge in [-0.15, -0.1) is 0 Å². The summed E-state index contributed by atoms with van der Waals surface area (Å²) < 4.78 is 23.7. The first-order valence-electron chi connectivity index (χ1n) is 5.27.